The highest BCUT2D eigenvalue weighted by Crippen LogP contribution is 2.37. The van der Waals surface area contributed by atoms with E-state index in [9.17, 15) is 0 Å². The first-order chi connectivity index (χ1) is 6.07. The van der Waals surface area contributed by atoms with Crippen LogP contribution >= 0.6 is 12.1 Å². The summed E-state index contributed by atoms with van der Waals surface area (Å²) in [7, 11) is 0. The topological polar surface area (TPSA) is 18.8 Å². The lowest BCUT2D eigenvalue weighted by atomic mass is 10.1. The zero-order chi connectivity index (χ0) is 9.47. The van der Waals surface area contributed by atoms with Crippen molar-refractivity contribution in [3.05, 3.63) is 24.3 Å². The monoisotopic (exact) mass is 195 g/mol. The standard InChI is InChI=1S/C9H13N3S/c1-9(2,3)12-7-8-10-5-4-6-11(8)13-12/h4-7H,1-3H3. The van der Waals surface area contributed by atoms with Crippen LogP contribution in [0.2, 0.25) is 0 Å². The summed E-state index contributed by atoms with van der Waals surface area (Å²) in [6, 6.07) is 0. The summed E-state index contributed by atoms with van der Waals surface area (Å²) in [6.07, 6.45) is 7.85. The van der Waals surface area contributed by atoms with Gasteiger partial charge in [-0.05, 0) is 26.8 Å². The van der Waals surface area contributed by atoms with E-state index in [0.717, 1.165) is 5.82 Å². The van der Waals surface area contributed by atoms with Crippen LogP contribution in [0.4, 0.5) is 0 Å². The van der Waals surface area contributed by atoms with Gasteiger partial charge in [0.05, 0.1) is 18.3 Å². The highest BCUT2D eigenvalue weighted by Gasteiger charge is 2.29. The molecule has 0 unspecified atom stereocenters. The van der Waals surface area contributed by atoms with E-state index < -0.39 is 0 Å². The Bertz CT molecular complexity index is 298. The number of allylic oxidation sites excluding steroid dienone is 1. The minimum Gasteiger partial charge on any atom is -0.296 e. The van der Waals surface area contributed by atoms with Crippen LogP contribution in [0.3, 0.4) is 0 Å². The maximum absolute atomic E-state index is 4.27. The lowest BCUT2D eigenvalue weighted by Crippen LogP contribution is -2.30. The molecule has 0 radical (unpaired) electrons. The average Bonchev–Trinajstić information content (AvgIpc) is 2.45. The summed E-state index contributed by atoms with van der Waals surface area (Å²) in [6.45, 7) is 6.55. The first-order valence-corrected chi connectivity index (χ1v) is 5.00. The van der Waals surface area contributed by atoms with E-state index in [0.29, 0.717) is 0 Å². The number of fused-ring (bicyclic) bond motifs is 1. The highest BCUT2D eigenvalue weighted by atomic mass is 32.2. The molecule has 0 bridgehead atoms. The van der Waals surface area contributed by atoms with Gasteiger partial charge in [0.15, 0.2) is 5.82 Å². The molecule has 0 aromatic heterocycles. The van der Waals surface area contributed by atoms with Crippen LogP contribution in [-0.2, 0) is 0 Å². The van der Waals surface area contributed by atoms with E-state index in [2.05, 4.69) is 40.6 Å². The predicted molar refractivity (Wildman–Crippen MR) is 56.7 cm³/mol. The fourth-order valence-electron chi connectivity index (χ4n) is 1.07. The molecular weight excluding hydrogens is 182 g/mol. The molecule has 0 saturated carbocycles. The Morgan fingerprint density at radius 2 is 2.15 bits per heavy atom. The van der Waals surface area contributed by atoms with Gasteiger partial charge in [0.1, 0.15) is 0 Å². The Hall–Kier alpha value is -0.900. The summed E-state index contributed by atoms with van der Waals surface area (Å²) in [5.41, 5.74) is 0.137. The molecule has 0 fully saturated rings. The van der Waals surface area contributed by atoms with Crippen molar-refractivity contribution in [2.24, 2.45) is 4.99 Å². The molecule has 0 atom stereocenters. The third kappa shape index (κ3) is 1.58. The van der Waals surface area contributed by atoms with E-state index in [1.807, 2.05) is 18.5 Å². The predicted octanol–water partition coefficient (Wildman–Crippen LogP) is 2.36. The Balaban J connectivity index is 2.21. The highest BCUT2D eigenvalue weighted by molar-refractivity contribution is 7.95. The van der Waals surface area contributed by atoms with E-state index in [1.165, 1.54) is 0 Å². The molecule has 0 aromatic carbocycles. The average molecular weight is 195 g/mol. The number of hydrogen-bond acceptors (Lipinski definition) is 4. The molecule has 0 spiro atoms. The van der Waals surface area contributed by atoms with Crippen LogP contribution in [0.1, 0.15) is 20.8 Å². The van der Waals surface area contributed by atoms with Crippen molar-refractivity contribution in [1.29, 1.82) is 0 Å². The quantitative estimate of drug-likeness (QED) is 0.553. The first-order valence-electron chi connectivity index (χ1n) is 4.27. The number of aliphatic imine (C=N–C) groups is 1. The zero-order valence-corrected chi connectivity index (χ0v) is 8.88. The molecule has 3 nitrogen and oxygen atoms in total. The van der Waals surface area contributed by atoms with Gasteiger partial charge < -0.3 is 0 Å². The Labute approximate surface area is 83.1 Å². The van der Waals surface area contributed by atoms with E-state index in [1.54, 1.807) is 12.1 Å². The van der Waals surface area contributed by atoms with Crippen LogP contribution in [0.25, 0.3) is 0 Å². The summed E-state index contributed by atoms with van der Waals surface area (Å²) in [4.78, 5) is 4.27. The van der Waals surface area contributed by atoms with Crippen LogP contribution < -0.4 is 0 Å². The Morgan fingerprint density at radius 1 is 1.38 bits per heavy atom. The fraction of sp³-hybridized carbons (Fsp3) is 0.444. The number of nitrogens with zero attached hydrogens (tertiary/aromatic N) is 3. The van der Waals surface area contributed by atoms with Gasteiger partial charge in [-0.1, -0.05) is 0 Å². The second kappa shape index (κ2) is 2.80. The number of hydrogen-bond donors (Lipinski definition) is 0. The largest absolute Gasteiger partial charge is 0.296 e. The summed E-state index contributed by atoms with van der Waals surface area (Å²) >= 11 is 1.68. The van der Waals surface area contributed by atoms with Crippen LogP contribution in [0, 0.1) is 0 Å². The molecule has 0 amide bonds. The molecule has 13 heavy (non-hydrogen) atoms. The summed E-state index contributed by atoms with van der Waals surface area (Å²) < 4.78 is 4.26. The molecule has 2 aliphatic rings. The van der Waals surface area contributed by atoms with E-state index in [4.69, 9.17) is 0 Å². The number of rotatable bonds is 0. The van der Waals surface area contributed by atoms with E-state index in [-0.39, 0.29) is 5.54 Å². The molecule has 0 N–H and O–H groups in total. The van der Waals surface area contributed by atoms with Crippen molar-refractivity contribution in [3.63, 3.8) is 0 Å². The molecule has 2 heterocycles. The molecule has 4 heteroatoms. The van der Waals surface area contributed by atoms with Crippen molar-refractivity contribution in [3.8, 4) is 0 Å². The van der Waals surface area contributed by atoms with Gasteiger partial charge in [0, 0.05) is 18.0 Å². The van der Waals surface area contributed by atoms with Crippen molar-refractivity contribution < 1.29 is 0 Å². The maximum Gasteiger partial charge on any atom is 0.161 e. The SMILES string of the molecule is CC(C)(C)N1C=C2N=CC=CN2S1. The van der Waals surface area contributed by atoms with Gasteiger partial charge in [-0.15, -0.1) is 0 Å². The van der Waals surface area contributed by atoms with Crippen molar-refractivity contribution in [2.75, 3.05) is 0 Å². The maximum atomic E-state index is 4.27. The molecule has 0 aromatic rings. The zero-order valence-electron chi connectivity index (χ0n) is 8.06. The molecule has 2 aliphatic heterocycles. The normalized spacial score (nSPS) is 20.7. The molecular formula is C9H13N3S. The van der Waals surface area contributed by atoms with Gasteiger partial charge >= 0.3 is 0 Å². The lowest BCUT2D eigenvalue weighted by molar-refractivity contribution is 0.351. The Morgan fingerprint density at radius 3 is 2.77 bits per heavy atom. The summed E-state index contributed by atoms with van der Waals surface area (Å²) in [5, 5.41) is 0. The lowest BCUT2D eigenvalue weighted by Gasteiger charge is -2.30. The van der Waals surface area contributed by atoms with E-state index >= 15 is 0 Å². The fourth-order valence-corrected chi connectivity index (χ4v) is 1.95. The van der Waals surface area contributed by atoms with Gasteiger partial charge in [0.2, 0.25) is 0 Å². The third-order valence-electron chi connectivity index (χ3n) is 1.81. The van der Waals surface area contributed by atoms with Gasteiger partial charge in [-0.3, -0.25) is 8.61 Å². The molecule has 0 saturated heterocycles. The third-order valence-corrected chi connectivity index (χ3v) is 3.12. The smallest absolute Gasteiger partial charge is 0.161 e. The van der Waals surface area contributed by atoms with Gasteiger partial charge in [0.25, 0.3) is 0 Å². The van der Waals surface area contributed by atoms with Crippen molar-refractivity contribution in [2.45, 2.75) is 26.3 Å². The second-order valence-corrected chi connectivity index (χ2v) is 4.96. The van der Waals surface area contributed by atoms with Crippen molar-refractivity contribution in [1.82, 2.24) is 8.61 Å². The second-order valence-electron chi connectivity index (χ2n) is 4.01. The molecule has 2 rings (SSSR count). The van der Waals surface area contributed by atoms with Gasteiger partial charge in [-0.25, -0.2) is 4.99 Å². The minimum absolute atomic E-state index is 0.137. The van der Waals surface area contributed by atoms with Crippen LogP contribution in [0.15, 0.2) is 29.3 Å². The molecule has 0 aliphatic carbocycles. The van der Waals surface area contributed by atoms with Crippen molar-refractivity contribution >= 4 is 18.3 Å². The van der Waals surface area contributed by atoms with Crippen LogP contribution in [-0.4, -0.2) is 20.4 Å². The van der Waals surface area contributed by atoms with Gasteiger partial charge in [-0.2, -0.15) is 0 Å². The first kappa shape index (κ1) is 8.69. The minimum atomic E-state index is 0.137. The van der Waals surface area contributed by atoms with Crippen LogP contribution in [0.5, 0.6) is 0 Å². The summed E-state index contributed by atoms with van der Waals surface area (Å²) in [5.74, 6) is 1.00. The Kier molecular flexibility index (Phi) is 1.87. The molecule has 70 valence electrons.